The van der Waals surface area contributed by atoms with Crippen LogP contribution < -0.4 is 35.5 Å². The number of nitriles is 1. The highest BCUT2D eigenvalue weighted by molar-refractivity contribution is 6.31. The van der Waals surface area contributed by atoms with Gasteiger partial charge in [0.2, 0.25) is 11.7 Å². The molecular formula is C50H64ClF2N7O6. The highest BCUT2D eigenvalue weighted by Gasteiger charge is 2.64. The Balaban J connectivity index is 0.814. The Morgan fingerprint density at radius 1 is 1.00 bits per heavy atom. The third-order valence-corrected chi connectivity index (χ3v) is 15.0. The lowest BCUT2D eigenvalue weighted by Gasteiger charge is -2.64. The zero-order chi connectivity index (χ0) is 47.3. The number of likely N-dealkylation sites (tertiary alicyclic amines) is 1. The molecule has 16 heteroatoms. The quantitative estimate of drug-likeness (QED) is 0.0955. The highest BCUT2D eigenvalue weighted by atomic mass is 35.5. The van der Waals surface area contributed by atoms with Gasteiger partial charge in [-0.15, -0.1) is 0 Å². The number of aliphatic hydroxyl groups excluding tert-OH is 1. The molecule has 4 heterocycles. The van der Waals surface area contributed by atoms with Gasteiger partial charge in [0.25, 0.3) is 0 Å². The van der Waals surface area contributed by atoms with E-state index in [9.17, 15) is 20.3 Å². The molecule has 4 fully saturated rings. The number of piperidine rings is 1. The van der Waals surface area contributed by atoms with Gasteiger partial charge in [0.05, 0.1) is 28.8 Å². The number of aliphatic hydroxyl groups is 2. The third-order valence-electron chi connectivity index (χ3n) is 14.7. The minimum Gasteiger partial charge on any atom is -0.489 e. The number of nitrogens with zero attached hydrogens (tertiary/aromatic N) is 3. The van der Waals surface area contributed by atoms with Crippen molar-refractivity contribution in [3.63, 3.8) is 0 Å². The summed E-state index contributed by atoms with van der Waals surface area (Å²) in [5.41, 5.74) is 0.693. The van der Waals surface area contributed by atoms with Crippen LogP contribution in [-0.2, 0) is 10.4 Å². The van der Waals surface area contributed by atoms with Gasteiger partial charge in [0.1, 0.15) is 36.2 Å². The number of benzene rings is 3. The van der Waals surface area contributed by atoms with Crippen LogP contribution in [-0.4, -0.2) is 103 Å². The van der Waals surface area contributed by atoms with Crippen molar-refractivity contribution in [1.82, 2.24) is 31.1 Å². The fourth-order valence-corrected chi connectivity index (χ4v) is 11.4. The van der Waals surface area contributed by atoms with E-state index >= 15 is 8.78 Å². The smallest absolute Gasteiger partial charge is 0.244 e. The first-order valence-corrected chi connectivity index (χ1v) is 23.5. The lowest BCUT2D eigenvalue weighted by Crippen LogP contribution is -2.76. The van der Waals surface area contributed by atoms with Gasteiger partial charge in [-0.3, -0.25) is 25.6 Å². The lowest BCUT2D eigenvalue weighted by molar-refractivity contribution is -0.182. The van der Waals surface area contributed by atoms with Crippen LogP contribution in [0.25, 0.3) is 5.57 Å². The van der Waals surface area contributed by atoms with Gasteiger partial charge in [-0.05, 0) is 99.5 Å². The molecule has 3 atom stereocenters. The van der Waals surface area contributed by atoms with Crippen molar-refractivity contribution in [3.8, 4) is 29.1 Å². The van der Waals surface area contributed by atoms with Gasteiger partial charge >= 0.3 is 0 Å². The first-order valence-electron chi connectivity index (χ1n) is 23.2. The number of carbonyl (C=O) groups excluding carboxylic acids is 1. The topological polar surface area (TPSA) is 164 Å². The van der Waals surface area contributed by atoms with Gasteiger partial charge in [-0.2, -0.15) is 9.65 Å². The molecule has 6 N–H and O–H groups in total. The van der Waals surface area contributed by atoms with E-state index in [1.807, 2.05) is 6.07 Å². The maximum Gasteiger partial charge on any atom is 0.244 e. The van der Waals surface area contributed by atoms with Crippen molar-refractivity contribution in [3.05, 3.63) is 88.1 Å². The van der Waals surface area contributed by atoms with Gasteiger partial charge in [0, 0.05) is 79.8 Å². The van der Waals surface area contributed by atoms with Crippen molar-refractivity contribution in [1.29, 1.82) is 5.26 Å². The molecule has 356 valence electrons. The highest BCUT2D eigenvalue weighted by Crippen LogP contribution is 2.56. The SMILES string of the molecule is CN1C=C(c2cc(C(C)(C)O)ccc2Oc2ccc(F)c(OCCC3CCN(C4NCC(C(O)NC5C(C)(C)C(Oc6ccc(C#N)c(Cl)c6)C5(C)C)CN4)CC3)c2F)C2CCNC2C1=O. The van der Waals surface area contributed by atoms with E-state index in [0.717, 1.165) is 44.0 Å². The fourth-order valence-electron chi connectivity index (χ4n) is 11.2. The minimum absolute atomic E-state index is 0.0264. The fraction of sp³-hybridized carbons (Fsp3) is 0.560. The molecule has 0 radical (unpaired) electrons. The van der Waals surface area contributed by atoms with E-state index < -0.39 is 35.3 Å². The molecule has 8 rings (SSSR count). The Morgan fingerprint density at radius 2 is 1.70 bits per heavy atom. The Labute approximate surface area is 391 Å². The number of hydrogen-bond donors (Lipinski definition) is 6. The summed E-state index contributed by atoms with van der Waals surface area (Å²) < 4.78 is 49.7. The van der Waals surface area contributed by atoms with Crippen LogP contribution in [0, 0.1) is 51.5 Å². The van der Waals surface area contributed by atoms with Crippen LogP contribution in [0.3, 0.4) is 0 Å². The predicted molar refractivity (Wildman–Crippen MR) is 248 cm³/mol. The number of ether oxygens (including phenoxy) is 3. The number of amides is 1. The van der Waals surface area contributed by atoms with Gasteiger partial charge < -0.3 is 34.6 Å². The summed E-state index contributed by atoms with van der Waals surface area (Å²) >= 11 is 6.27. The molecule has 0 aromatic heterocycles. The van der Waals surface area contributed by atoms with E-state index in [0.29, 0.717) is 65.2 Å². The molecule has 3 saturated heterocycles. The van der Waals surface area contributed by atoms with Crippen LogP contribution in [0.4, 0.5) is 8.78 Å². The molecule has 1 aliphatic carbocycles. The molecular weight excluding hydrogens is 868 g/mol. The number of fused-ring (bicyclic) bond motifs is 1. The molecule has 1 amide bonds. The number of halogens is 3. The first-order chi connectivity index (χ1) is 31.3. The van der Waals surface area contributed by atoms with Crippen LogP contribution >= 0.6 is 11.6 Å². The molecule has 5 aliphatic rings. The molecule has 1 saturated carbocycles. The van der Waals surface area contributed by atoms with Crippen LogP contribution in [0.2, 0.25) is 5.02 Å². The Morgan fingerprint density at radius 3 is 2.36 bits per heavy atom. The van der Waals surface area contributed by atoms with Crippen LogP contribution in [0.1, 0.15) is 83.9 Å². The summed E-state index contributed by atoms with van der Waals surface area (Å²) in [5, 5.41) is 45.9. The Hall–Kier alpha value is -4.37. The van der Waals surface area contributed by atoms with Gasteiger partial charge in [0.15, 0.2) is 17.3 Å². The summed E-state index contributed by atoms with van der Waals surface area (Å²) in [4.78, 5) is 16.8. The van der Waals surface area contributed by atoms with E-state index in [-0.39, 0.29) is 59.4 Å². The first kappa shape index (κ1) is 48.1. The number of likely N-dealkylation sites (N-methyl/N-ethyl adjacent to an activating group) is 1. The average molecular weight is 933 g/mol. The van der Waals surface area contributed by atoms with Gasteiger partial charge in [-0.25, -0.2) is 4.39 Å². The summed E-state index contributed by atoms with van der Waals surface area (Å²) in [6.45, 7) is 15.6. The predicted octanol–water partition coefficient (Wildman–Crippen LogP) is 6.66. The zero-order valence-corrected chi connectivity index (χ0v) is 39.6. The molecule has 4 aliphatic heterocycles. The molecule has 3 aromatic rings. The molecule has 3 unspecified atom stereocenters. The van der Waals surface area contributed by atoms with E-state index in [1.165, 1.54) is 11.0 Å². The number of nitrogens with one attached hydrogen (secondary N) is 4. The van der Waals surface area contributed by atoms with Crippen LogP contribution in [0.5, 0.6) is 23.0 Å². The van der Waals surface area contributed by atoms with E-state index in [4.69, 9.17) is 25.8 Å². The second kappa shape index (κ2) is 19.0. The maximum atomic E-state index is 16.1. The van der Waals surface area contributed by atoms with E-state index in [2.05, 4.69) is 59.9 Å². The monoisotopic (exact) mass is 931 g/mol. The van der Waals surface area contributed by atoms with E-state index in [1.54, 1.807) is 57.4 Å². The summed E-state index contributed by atoms with van der Waals surface area (Å²) in [6, 6.07) is 14.3. The van der Waals surface area contributed by atoms with Crippen molar-refractivity contribution in [2.75, 3.05) is 46.4 Å². The summed E-state index contributed by atoms with van der Waals surface area (Å²) in [5.74, 6) is -1.46. The molecule has 66 heavy (non-hydrogen) atoms. The second-order valence-electron chi connectivity index (χ2n) is 20.5. The number of rotatable bonds is 14. The van der Waals surface area contributed by atoms with Crippen molar-refractivity contribution >= 4 is 23.1 Å². The standard InChI is InChI=1S/C50H64ClF2N7O6/c1-48(2)45(49(3,4)46(48)65-32-10-8-29(24-54)36(51)23-32)58-43(61)30-25-56-47(57-26-30)60-19-15-28(16-20-60)17-21-64-42-37(52)11-13-39(40(42)53)66-38-12-9-31(50(5,6)63)22-34(38)35-27-59(7)44(62)41-33(35)14-18-55-41/h8-13,22-23,27-28,30,33,41,43,45-47,55-58,61,63H,14-21,25-26H2,1-7H3. The largest absolute Gasteiger partial charge is 0.489 e. The number of hydrogen-bond acceptors (Lipinski definition) is 12. The summed E-state index contributed by atoms with van der Waals surface area (Å²) in [7, 11) is 1.70. The van der Waals surface area contributed by atoms with Crippen molar-refractivity contribution < 1.29 is 38.0 Å². The maximum absolute atomic E-state index is 16.1. The second-order valence-corrected chi connectivity index (χ2v) is 20.9. The molecule has 0 spiro atoms. The summed E-state index contributed by atoms with van der Waals surface area (Å²) in [6.07, 6.45) is 3.98. The third kappa shape index (κ3) is 9.53. The van der Waals surface area contributed by atoms with Crippen molar-refractivity contribution in [2.24, 2.45) is 28.6 Å². The van der Waals surface area contributed by atoms with Gasteiger partial charge in [-0.1, -0.05) is 45.4 Å². The average Bonchev–Trinajstić information content (AvgIpc) is 3.79. The molecule has 0 bridgehead atoms. The zero-order valence-electron chi connectivity index (χ0n) is 38.9. The minimum atomic E-state index is -1.17. The molecule has 3 aromatic carbocycles. The normalized spacial score (nSPS) is 27.0. The Kier molecular flexibility index (Phi) is 13.8. The Bertz CT molecular complexity index is 2340. The number of carbonyl (C=O) groups is 1. The van der Waals surface area contributed by atoms with Crippen molar-refractivity contribution in [2.45, 2.75) is 104 Å². The molecule has 13 nitrogen and oxygen atoms in total. The van der Waals surface area contributed by atoms with Crippen LogP contribution in [0.15, 0.2) is 54.7 Å². The lowest BCUT2D eigenvalue weighted by atomic mass is 9.49.